The van der Waals surface area contributed by atoms with Gasteiger partial charge in [-0.05, 0) is 62.9 Å². The maximum Gasteiger partial charge on any atom is 0.324 e. The highest BCUT2D eigenvalue weighted by atomic mass is 35.5. The topological polar surface area (TPSA) is 72.5 Å². The fourth-order valence-electron chi connectivity index (χ4n) is 2.81. The fourth-order valence-corrected chi connectivity index (χ4v) is 4.81. The van der Waals surface area contributed by atoms with Crippen LogP contribution in [0.3, 0.4) is 0 Å². The average molecular weight is 410 g/mol. The Labute approximate surface area is 165 Å². The Hall–Kier alpha value is -1.89. The summed E-state index contributed by atoms with van der Waals surface area (Å²) in [6, 6.07) is 7.92. The minimum absolute atomic E-state index is 0.0216. The summed E-state index contributed by atoms with van der Waals surface area (Å²) in [6.45, 7) is 8.68. The normalized spacial score (nSPS) is 12.7. The zero-order chi connectivity index (χ0) is 20.4. The summed E-state index contributed by atoms with van der Waals surface area (Å²) in [5.74, 6) is -0.668. The van der Waals surface area contributed by atoms with Crippen LogP contribution in [0.25, 0.3) is 0 Å². The molecule has 0 saturated carbocycles. The third-order valence-electron chi connectivity index (χ3n) is 4.58. The van der Waals surface area contributed by atoms with Crippen molar-refractivity contribution in [1.29, 1.82) is 0 Å². The standard InChI is InChI=1S/C20H24ClNO4S/c1-12-10-13(2)15(4)19(14(12)3)27(24,25)22-16(5)20(23)26-11-17-8-6-7-9-18(17)21/h6-10,16,22H,11H2,1-5H3. The molecular weight excluding hydrogens is 386 g/mol. The van der Waals surface area contributed by atoms with E-state index in [1.54, 1.807) is 38.1 Å². The van der Waals surface area contributed by atoms with E-state index in [-0.39, 0.29) is 11.5 Å². The second-order valence-corrected chi connectivity index (χ2v) is 8.69. The average Bonchev–Trinajstić information content (AvgIpc) is 2.58. The number of halogens is 1. The Morgan fingerprint density at radius 1 is 1.11 bits per heavy atom. The van der Waals surface area contributed by atoms with Crippen LogP contribution in [0.15, 0.2) is 35.2 Å². The first-order chi connectivity index (χ1) is 12.5. The number of hydrogen-bond donors (Lipinski definition) is 1. The van der Waals surface area contributed by atoms with Crippen molar-refractivity contribution in [2.75, 3.05) is 0 Å². The van der Waals surface area contributed by atoms with E-state index < -0.39 is 22.0 Å². The molecule has 0 aromatic heterocycles. The summed E-state index contributed by atoms with van der Waals surface area (Å²) < 4.78 is 33.4. The van der Waals surface area contributed by atoms with Gasteiger partial charge < -0.3 is 4.74 Å². The first-order valence-electron chi connectivity index (χ1n) is 8.54. The van der Waals surface area contributed by atoms with E-state index in [2.05, 4.69) is 4.72 Å². The molecule has 27 heavy (non-hydrogen) atoms. The van der Waals surface area contributed by atoms with Crippen LogP contribution in [-0.2, 0) is 26.2 Å². The molecule has 2 aromatic rings. The number of esters is 1. The molecule has 5 nitrogen and oxygen atoms in total. The van der Waals surface area contributed by atoms with Crippen LogP contribution >= 0.6 is 11.6 Å². The van der Waals surface area contributed by atoms with E-state index in [1.807, 2.05) is 19.9 Å². The summed E-state index contributed by atoms with van der Waals surface area (Å²) in [5, 5.41) is 0.486. The Kier molecular flexibility index (Phi) is 6.68. The van der Waals surface area contributed by atoms with Gasteiger partial charge in [0.15, 0.2) is 0 Å². The van der Waals surface area contributed by atoms with Crippen molar-refractivity contribution in [2.45, 2.75) is 52.2 Å². The lowest BCUT2D eigenvalue weighted by Crippen LogP contribution is -2.40. The zero-order valence-corrected chi connectivity index (χ0v) is 17.7. The highest BCUT2D eigenvalue weighted by molar-refractivity contribution is 7.89. The molecule has 2 aromatic carbocycles. The van der Waals surface area contributed by atoms with E-state index in [0.29, 0.717) is 21.7 Å². The van der Waals surface area contributed by atoms with Crippen LogP contribution in [0.4, 0.5) is 0 Å². The number of hydrogen-bond acceptors (Lipinski definition) is 4. The summed E-state index contributed by atoms with van der Waals surface area (Å²) in [4.78, 5) is 12.5. The molecule has 0 amide bonds. The number of benzene rings is 2. The van der Waals surface area contributed by atoms with Crippen molar-refractivity contribution in [2.24, 2.45) is 0 Å². The van der Waals surface area contributed by atoms with Gasteiger partial charge in [-0.25, -0.2) is 8.42 Å². The highest BCUT2D eigenvalue weighted by Crippen LogP contribution is 2.26. The van der Waals surface area contributed by atoms with Crippen molar-refractivity contribution in [3.63, 3.8) is 0 Å². The minimum Gasteiger partial charge on any atom is -0.460 e. The molecule has 0 fully saturated rings. The van der Waals surface area contributed by atoms with Crippen LogP contribution in [0, 0.1) is 27.7 Å². The number of carbonyl (C=O) groups excluding carboxylic acids is 1. The predicted octanol–water partition coefficient (Wildman–Crippen LogP) is 3.98. The van der Waals surface area contributed by atoms with Crippen molar-refractivity contribution < 1.29 is 17.9 Å². The predicted molar refractivity (Wildman–Crippen MR) is 106 cm³/mol. The van der Waals surface area contributed by atoms with Gasteiger partial charge in [0.25, 0.3) is 0 Å². The molecule has 1 unspecified atom stereocenters. The summed E-state index contributed by atoms with van der Waals surface area (Å²) in [6.07, 6.45) is 0. The zero-order valence-electron chi connectivity index (χ0n) is 16.1. The van der Waals surface area contributed by atoms with Gasteiger partial charge in [0.05, 0.1) is 4.90 Å². The van der Waals surface area contributed by atoms with Crippen molar-refractivity contribution in [3.05, 3.63) is 63.2 Å². The van der Waals surface area contributed by atoms with Gasteiger partial charge in [-0.2, -0.15) is 4.72 Å². The molecule has 0 saturated heterocycles. The number of carbonyl (C=O) groups is 1. The SMILES string of the molecule is Cc1cc(C)c(C)c(S(=O)(=O)NC(C)C(=O)OCc2ccccc2Cl)c1C. The number of nitrogens with one attached hydrogen (secondary N) is 1. The van der Waals surface area contributed by atoms with E-state index in [4.69, 9.17) is 16.3 Å². The molecule has 1 N–H and O–H groups in total. The van der Waals surface area contributed by atoms with Gasteiger partial charge >= 0.3 is 5.97 Å². The molecule has 2 rings (SSSR count). The molecule has 0 bridgehead atoms. The molecule has 7 heteroatoms. The van der Waals surface area contributed by atoms with Crippen LogP contribution in [0.5, 0.6) is 0 Å². The second-order valence-electron chi connectivity index (χ2n) is 6.63. The minimum atomic E-state index is -3.88. The van der Waals surface area contributed by atoms with Gasteiger partial charge in [0.2, 0.25) is 10.0 Å². The lowest BCUT2D eigenvalue weighted by Gasteiger charge is -2.19. The largest absolute Gasteiger partial charge is 0.460 e. The van der Waals surface area contributed by atoms with E-state index in [0.717, 1.165) is 11.1 Å². The first-order valence-corrected chi connectivity index (χ1v) is 10.4. The highest BCUT2D eigenvalue weighted by Gasteiger charge is 2.27. The van der Waals surface area contributed by atoms with E-state index in [1.165, 1.54) is 6.92 Å². The maximum atomic E-state index is 12.9. The molecule has 0 aliphatic heterocycles. The Morgan fingerprint density at radius 3 is 2.22 bits per heavy atom. The number of ether oxygens (including phenoxy) is 1. The maximum absolute atomic E-state index is 12.9. The molecule has 146 valence electrons. The summed E-state index contributed by atoms with van der Waals surface area (Å²) in [5.41, 5.74) is 3.76. The van der Waals surface area contributed by atoms with Gasteiger partial charge in [-0.15, -0.1) is 0 Å². The van der Waals surface area contributed by atoms with Crippen LogP contribution < -0.4 is 4.72 Å². The fraction of sp³-hybridized carbons (Fsp3) is 0.350. The molecule has 0 radical (unpaired) electrons. The van der Waals surface area contributed by atoms with Crippen LogP contribution in [-0.4, -0.2) is 20.4 Å². The van der Waals surface area contributed by atoms with Crippen LogP contribution in [0.2, 0.25) is 5.02 Å². The van der Waals surface area contributed by atoms with E-state index in [9.17, 15) is 13.2 Å². The smallest absolute Gasteiger partial charge is 0.324 e. The van der Waals surface area contributed by atoms with Crippen LogP contribution in [0.1, 0.15) is 34.7 Å². The molecule has 0 aliphatic rings. The van der Waals surface area contributed by atoms with Gasteiger partial charge in [-0.3, -0.25) is 4.79 Å². The van der Waals surface area contributed by atoms with Crippen molar-refractivity contribution in [3.8, 4) is 0 Å². The number of rotatable bonds is 6. The molecule has 0 spiro atoms. The van der Waals surface area contributed by atoms with Crippen molar-refractivity contribution in [1.82, 2.24) is 4.72 Å². The lowest BCUT2D eigenvalue weighted by molar-refractivity contribution is -0.146. The lowest BCUT2D eigenvalue weighted by atomic mass is 10.0. The monoisotopic (exact) mass is 409 g/mol. The second kappa shape index (κ2) is 8.42. The number of sulfonamides is 1. The van der Waals surface area contributed by atoms with Crippen molar-refractivity contribution >= 4 is 27.6 Å². The molecule has 1 atom stereocenters. The van der Waals surface area contributed by atoms with Gasteiger partial charge in [-0.1, -0.05) is 35.9 Å². The quantitative estimate of drug-likeness (QED) is 0.732. The van der Waals surface area contributed by atoms with Gasteiger partial charge in [0, 0.05) is 10.6 Å². The molecule has 0 heterocycles. The third kappa shape index (κ3) is 4.89. The first kappa shape index (κ1) is 21.4. The van der Waals surface area contributed by atoms with E-state index >= 15 is 0 Å². The Morgan fingerprint density at radius 2 is 1.67 bits per heavy atom. The van der Waals surface area contributed by atoms with Gasteiger partial charge in [0.1, 0.15) is 12.6 Å². The number of aryl methyl sites for hydroxylation is 2. The Balaban J connectivity index is 2.16. The molecular formula is C20H24ClNO4S. The summed E-state index contributed by atoms with van der Waals surface area (Å²) >= 11 is 6.04. The third-order valence-corrected chi connectivity index (χ3v) is 6.76. The molecule has 0 aliphatic carbocycles. The Bertz CT molecular complexity index is 944. The summed E-state index contributed by atoms with van der Waals surface area (Å²) in [7, 11) is -3.88.